The van der Waals surface area contributed by atoms with Crippen molar-refractivity contribution in [1.29, 1.82) is 0 Å². The standard InChI is InChI=1S/C13H23N5O2/c1-13(2,3)18-7-9(15-16-18)6-17-8-10(20-4)5-11(17)12(14)19/h7,10-11H,5-6,8H2,1-4H3,(H2,14,19)/t10-,11-/m0/s1. The zero-order chi connectivity index (χ0) is 14.9. The third kappa shape index (κ3) is 3.16. The molecule has 0 saturated carbocycles. The summed E-state index contributed by atoms with van der Waals surface area (Å²) in [5.74, 6) is -0.312. The summed E-state index contributed by atoms with van der Waals surface area (Å²) in [4.78, 5) is 13.5. The summed E-state index contributed by atoms with van der Waals surface area (Å²) >= 11 is 0. The first kappa shape index (κ1) is 14.9. The van der Waals surface area contributed by atoms with Crippen LogP contribution in [0.25, 0.3) is 0 Å². The minimum Gasteiger partial charge on any atom is -0.380 e. The Morgan fingerprint density at radius 2 is 2.25 bits per heavy atom. The van der Waals surface area contributed by atoms with Crippen LogP contribution in [0, 0.1) is 0 Å². The number of hydrogen-bond acceptors (Lipinski definition) is 5. The van der Waals surface area contributed by atoms with Crippen LogP contribution < -0.4 is 5.73 Å². The van der Waals surface area contributed by atoms with Crippen molar-refractivity contribution in [2.24, 2.45) is 5.73 Å². The van der Waals surface area contributed by atoms with Gasteiger partial charge in [0.1, 0.15) is 0 Å². The van der Waals surface area contributed by atoms with Gasteiger partial charge in [0, 0.05) is 20.2 Å². The molecule has 7 heteroatoms. The van der Waals surface area contributed by atoms with E-state index >= 15 is 0 Å². The van der Waals surface area contributed by atoms with Crippen molar-refractivity contribution in [3.05, 3.63) is 11.9 Å². The number of carbonyl (C=O) groups is 1. The van der Waals surface area contributed by atoms with Gasteiger partial charge >= 0.3 is 0 Å². The second-order valence-corrected chi connectivity index (χ2v) is 6.27. The maximum absolute atomic E-state index is 11.5. The van der Waals surface area contributed by atoms with Gasteiger partial charge in [0.15, 0.2) is 0 Å². The van der Waals surface area contributed by atoms with Gasteiger partial charge in [-0.15, -0.1) is 5.10 Å². The average Bonchev–Trinajstić information content (AvgIpc) is 2.95. The van der Waals surface area contributed by atoms with Crippen molar-refractivity contribution in [2.45, 2.75) is 51.4 Å². The molecule has 1 aliphatic heterocycles. The van der Waals surface area contributed by atoms with E-state index in [9.17, 15) is 4.79 Å². The Hall–Kier alpha value is -1.47. The third-order valence-electron chi connectivity index (χ3n) is 3.62. The van der Waals surface area contributed by atoms with Gasteiger partial charge in [0.05, 0.1) is 29.6 Å². The van der Waals surface area contributed by atoms with Gasteiger partial charge in [-0.05, 0) is 27.2 Å². The minimum absolute atomic E-state index is 0.0464. The summed E-state index contributed by atoms with van der Waals surface area (Å²) in [5.41, 5.74) is 6.19. The maximum Gasteiger partial charge on any atom is 0.234 e. The van der Waals surface area contributed by atoms with Crippen LogP contribution in [-0.4, -0.2) is 51.6 Å². The molecule has 1 aromatic rings. The zero-order valence-corrected chi connectivity index (χ0v) is 12.5. The van der Waals surface area contributed by atoms with E-state index < -0.39 is 0 Å². The van der Waals surface area contributed by atoms with E-state index in [1.54, 1.807) is 7.11 Å². The second-order valence-electron chi connectivity index (χ2n) is 6.27. The van der Waals surface area contributed by atoms with Crippen LogP contribution in [0.5, 0.6) is 0 Å². The molecule has 1 amide bonds. The van der Waals surface area contributed by atoms with Crippen molar-refractivity contribution in [2.75, 3.05) is 13.7 Å². The SMILES string of the molecule is CO[C@H]1C[C@@H](C(N)=O)N(Cc2cn(C(C)(C)C)nn2)C1. The quantitative estimate of drug-likeness (QED) is 0.846. The maximum atomic E-state index is 11.5. The van der Waals surface area contributed by atoms with Gasteiger partial charge in [-0.1, -0.05) is 5.21 Å². The van der Waals surface area contributed by atoms with Crippen LogP contribution in [0.1, 0.15) is 32.9 Å². The molecule has 2 rings (SSSR count). The van der Waals surface area contributed by atoms with Crippen molar-refractivity contribution in [1.82, 2.24) is 19.9 Å². The molecule has 2 heterocycles. The summed E-state index contributed by atoms with van der Waals surface area (Å²) in [6.07, 6.45) is 2.60. The monoisotopic (exact) mass is 281 g/mol. The number of nitrogens with two attached hydrogens (primary N) is 1. The first-order valence-corrected chi connectivity index (χ1v) is 6.79. The molecule has 7 nitrogen and oxygen atoms in total. The number of methoxy groups -OCH3 is 1. The predicted octanol–water partition coefficient (Wildman–Crippen LogP) is 0.108. The number of amides is 1. The number of hydrogen-bond donors (Lipinski definition) is 1. The number of aromatic nitrogens is 3. The van der Waals surface area contributed by atoms with Gasteiger partial charge in [-0.25, -0.2) is 4.68 Å². The molecule has 1 aliphatic rings. The number of primary amides is 1. The largest absolute Gasteiger partial charge is 0.380 e. The van der Waals surface area contributed by atoms with Gasteiger partial charge in [-0.2, -0.15) is 0 Å². The van der Waals surface area contributed by atoms with Crippen LogP contribution in [0.15, 0.2) is 6.20 Å². The van der Waals surface area contributed by atoms with Crippen LogP contribution in [-0.2, 0) is 21.6 Å². The van der Waals surface area contributed by atoms with E-state index in [2.05, 4.69) is 31.1 Å². The molecule has 2 N–H and O–H groups in total. The van der Waals surface area contributed by atoms with E-state index in [0.717, 1.165) is 5.69 Å². The van der Waals surface area contributed by atoms with Gasteiger partial charge in [0.2, 0.25) is 5.91 Å². The molecule has 0 spiro atoms. The summed E-state index contributed by atoms with van der Waals surface area (Å²) in [5, 5.41) is 8.30. The Bertz CT molecular complexity index is 479. The first-order valence-electron chi connectivity index (χ1n) is 6.79. The number of nitrogens with zero attached hydrogens (tertiary/aromatic N) is 4. The Morgan fingerprint density at radius 3 is 2.75 bits per heavy atom. The number of ether oxygens (including phenoxy) is 1. The molecule has 1 saturated heterocycles. The molecule has 0 radical (unpaired) electrons. The van der Waals surface area contributed by atoms with E-state index in [-0.39, 0.29) is 23.6 Å². The Kier molecular flexibility index (Phi) is 4.10. The van der Waals surface area contributed by atoms with Crippen molar-refractivity contribution < 1.29 is 9.53 Å². The zero-order valence-electron chi connectivity index (χ0n) is 12.5. The van der Waals surface area contributed by atoms with E-state index in [1.807, 2.05) is 15.8 Å². The highest BCUT2D eigenvalue weighted by Crippen LogP contribution is 2.22. The number of rotatable bonds is 4. The Balaban J connectivity index is 2.08. The fraction of sp³-hybridized carbons (Fsp3) is 0.769. The van der Waals surface area contributed by atoms with Crippen LogP contribution in [0.3, 0.4) is 0 Å². The first-order chi connectivity index (χ1) is 9.31. The van der Waals surface area contributed by atoms with Crippen LogP contribution >= 0.6 is 0 Å². The molecule has 1 fully saturated rings. The second kappa shape index (κ2) is 5.49. The lowest BCUT2D eigenvalue weighted by molar-refractivity contribution is -0.122. The molecule has 20 heavy (non-hydrogen) atoms. The molecule has 0 aromatic carbocycles. The van der Waals surface area contributed by atoms with E-state index in [1.165, 1.54) is 0 Å². The van der Waals surface area contributed by atoms with Gasteiger partial charge in [0.25, 0.3) is 0 Å². The lowest BCUT2D eigenvalue weighted by Gasteiger charge is -2.20. The molecule has 0 unspecified atom stereocenters. The fourth-order valence-electron chi connectivity index (χ4n) is 2.41. The summed E-state index contributed by atoms with van der Waals surface area (Å²) in [6.45, 7) is 7.44. The summed E-state index contributed by atoms with van der Waals surface area (Å²) < 4.78 is 7.15. The van der Waals surface area contributed by atoms with Crippen molar-refractivity contribution in [3.63, 3.8) is 0 Å². The smallest absolute Gasteiger partial charge is 0.234 e. The van der Waals surface area contributed by atoms with Gasteiger partial charge < -0.3 is 10.5 Å². The third-order valence-corrected chi connectivity index (χ3v) is 3.62. The predicted molar refractivity (Wildman–Crippen MR) is 73.8 cm³/mol. The average molecular weight is 281 g/mol. The molecule has 1 aromatic heterocycles. The van der Waals surface area contributed by atoms with Crippen molar-refractivity contribution >= 4 is 5.91 Å². The van der Waals surface area contributed by atoms with E-state index in [0.29, 0.717) is 19.5 Å². The number of carbonyl (C=O) groups excluding carboxylic acids is 1. The lowest BCUT2D eigenvalue weighted by Crippen LogP contribution is -2.39. The Morgan fingerprint density at radius 1 is 1.55 bits per heavy atom. The fourth-order valence-corrected chi connectivity index (χ4v) is 2.41. The van der Waals surface area contributed by atoms with Crippen LogP contribution in [0.4, 0.5) is 0 Å². The topological polar surface area (TPSA) is 86.3 Å². The minimum atomic E-state index is -0.312. The highest BCUT2D eigenvalue weighted by Gasteiger charge is 2.36. The van der Waals surface area contributed by atoms with Gasteiger partial charge in [-0.3, -0.25) is 9.69 Å². The lowest BCUT2D eigenvalue weighted by atomic mass is 10.1. The molecule has 0 bridgehead atoms. The molecule has 2 atom stereocenters. The highest BCUT2D eigenvalue weighted by atomic mass is 16.5. The molecule has 0 aliphatic carbocycles. The summed E-state index contributed by atoms with van der Waals surface area (Å²) in [7, 11) is 1.65. The number of likely N-dealkylation sites (tertiary alicyclic amines) is 1. The normalized spacial score (nSPS) is 24.2. The van der Waals surface area contributed by atoms with E-state index in [4.69, 9.17) is 10.5 Å². The van der Waals surface area contributed by atoms with Crippen molar-refractivity contribution in [3.8, 4) is 0 Å². The van der Waals surface area contributed by atoms with Crippen LogP contribution in [0.2, 0.25) is 0 Å². The molecule has 112 valence electrons. The highest BCUT2D eigenvalue weighted by molar-refractivity contribution is 5.80. The summed E-state index contributed by atoms with van der Waals surface area (Å²) in [6, 6.07) is -0.292. The molecular formula is C13H23N5O2. The Labute approximate surface area is 119 Å². The molecular weight excluding hydrogens is 258 g/mol.